The van der Waals surface area contributed by atoms with Gasteiger partial charge in [-0.15, -0.1) is 0 Å². The van der Waals surface area contributed by atoms with E-state index < -0.39 is 0 Å². The minimum absolute atomic E-state index is 0.600. The van der Waals surface area contributed by atoms with Crippen molar-refractivity contribution in [2.45, 2.75) is 13.5 Å². The van der Waals surface area contributed by atoms with Gasteiger partial charge in [-0.3, -0.25) is 0 Å². The van der Waals surface area contributed by atoms with Crippen molar-refractivity contribution in [3.05, 3.63) is 28.2 Å². The Morgan fingerprint density at radius 3 is 2.53 bits per heavy atom. The summed E-state index contributed by atoms with van der Waals surface area (Å²) in [7, 11) is 0. The number of likely N-dealkylation sites (N-methyl/N-ethyl adjacent to an activating group) is 1. The number of nitrogens with two attached hydrogens (primary N) is 1. The number of benzene rings is 1. The van der Waals surface area contributed by atoms with Crippen LogP contribution in [0.15, 0.2) is 22.7 Å². The first-order valence-corrected chi connectivity index (χ1v) is 6.99. The Balaban J connectivity index is 2.12. The number of anilines is 1. The Hall–Kier alpha value is -0.580. The summed E-state index contributed by atoms with van der Waals surface area (Å²) in [5, 5.41) is 0. The fourth-order valence-corrected chi connectivity index (χ4v) is 2.74. The van der Waals surface area contributed by atoms with E-state index in [9.17, 15) is 0 Å². The van der Waals surface area contributed by atoms with Crippen LogP contribution >= 0.6 is 15.9 Å². The summed E-state index contributed by atoms with van der Waals surface area (Å²) in [5.41, 5.74) is 8.35. The van der Waals surface area contributed by atoms with Crippen molar-refractivity contribution in [2.75, 3.05) is 37.6 Å². The second-order valence-electron chi connectivity index (χ2n) is 4.40. The van der Waals surface area contributed by atoms with Crippen LogP contribution in [0.4, 0.5) is 5.69 Å². The zero-order chi connectivity index (χ0) is 12.3. The number of nitrogens with zero attached hydrogens (tertiary/aromatic N) is 2. The predicted octanol–water partition coefficient (Wildman–Crippen LogP) is 2.05. The molecule has 0 spiro atoms. The van der Waals surface area contributed by atoms with Gasteiger partial charge in [0, 0.05) is 42.9 Å². The third-order valence-electron chi connectivity index (χ3n) is 3.42. The standard InChI is InChI=1S/C13H20BrN3/c1-2-16-5-7-17(8-6-16)13-4-3-12(14)9-11(13)10-15/h3-4,9H,2,5-8,10,15H2,1H3. The molecule has 0 bridgehead atoms. The molecule has 4 heteroatoms. The molecular formula is C13H20BrN3. The highest BCUT2D eigenvalue weighted by atomic mass is 79.9. The normalized spacial score (nSPS) is 17.5. The summed E-state index contributed by atoms with van der Waals surface area (Å²) < 4.78 is 1.11. The third-order valence-corrected chi connectivity index (χ3v) is 3.91. The Kier molecular flexibility index (Phi) is 4.42. The first kappa shape index (κ1) is 12.9. The highest BCUT2D eigenvalue weighted by Crippen LogP contribution is 2.25. The van der Waals surface area contributed by atoms with Crippen molar-refractivity contribution in [1.82, 2.24) is 4.90 Å². The van der Waals surface area contributed by atoms with Crippen molar-refractivity contribution < 1.29 is 0 Å². The number of hydrogen-bond donors (Lipinski definition) is 1. The molecule has 1 aliphatic rings. The summed E-state index contributed by atoms with van der Waals surface area (Å²) in [5.74, 6) is 0. The van der Waals surface area contributed by atoms with Crippen LogP contribution in [0.1, 0.15) is 12.5 Å². The average molecular weight is 298 g/mol. The van der Waals surface area contributed by atoms with Crippen LogP contribution in [-0.4, -0.2) is 37.6 Å². The van der Waals surface area contributed by atoms with Crippen molar-refractivity contribution in [3.8, 4) is 0 Å². The van der Waals surface area contributed by atoms with Gasteiger partial charge in [-0.25, -0.2) is 0 Å². The number of piperazine rings is 1. The van der Waals surface area contributed by atoms with Crippen molar-refractivity contribution >= 4 is 21.6 Å². The monoisotopic (exact) mass is 297 g/mol. The lowest BCUT2D eigenvalue weighted by Gasteiger charge is -2.36. The zero-order valence-corrected chi connectivity index (χ0v) is 11.9. The minimum Gasteiger partial charge on any atom is -0.369 e. The van der Waals surface area contributed by atoms with Crippen LogP contribution in [-0.2, 0) is 6.54 Å². The van der Waals surface area contributed by atoms with Crippen LogP contribution in [0.25, 0.3) is 0 Å². The molecule has 94 valence electrons. The van der Waals surface area contributed by atoms with Gasteiger partial charge >= 0.3 is 0 Å². The summed E-state index contributed by atoms with van der Waals surface area (Å²) in [6.45, 7) is 8.47. The molecule has 1 aromatic carbocycles. The molecule has 1 heterocycles. The van der Waals surface area contributed by atoms with E-state index in [-0.39, 0.29) is 0 Å². The number of halogens is 1. The smallest absolute Gasteiger partial charge is 0.0413 e. The molecule has 0 amide bonds. The number of rotatable bonds is 3. The topological polar surface area (TPSA) is 32.5 Å². The first-order chi connectivity index (χ1) is 8.24. The van der Waals surface area contributed by atoms with Gasteiger partial charge < -0.3 is 15.5 Å². The lowest BCUT2D eigenvalue weighted by atomic mass is 10.1. The van der Waals surface area contributed by atoms with E-state index in [0.29, 0.717) is 6.54 Å². The molecule has 0 atom stereocenters. The summed E-state index contributed by atoms with van der Waals surface area (Å²) in [6.07, 6.45) is 0. The van der Waals surface area contributed by atoms with Crippen molar-refractivity contribution in [1.29, 1.82) is 0 Å². The Bertz CT molecular complexity index is 373. The Morgan fingerprint density at radius 1 is 1.24 bits per heavy atom. The highest BCUT2D eigenvalue weighted by molar-refractivity contribution is 9.10. The molecule has 0 aliphatic carbocycles. The first-order valence-electron chi connectivity index (χ1n) is 6.20. The Morgan fingerprint density at radius 2 is 1.94 bits per heavy atom. The minimum atomic E-state index is 0.600. The molecule has 0 unspecified atom stereocenters. The van der Waals surface area contributed by atoms with Gasteiger partial charge in [0.25, 0.3) is 0 Å². The third kappa shape index (κ3) is 3.00. The molecular weight excluding hydrogens is 278 g/mol. The van der Waals surface area contributed by atoms with Gasteiger partial charge in [-0.1, -0.05) is 22.9 Å². The quantitative estimate of drug-likeness (QED) is 0.927. The van der Waals surface area contributed by atoms with E-state index in [4.69, 9.17) is 5.73 Å². The Labute approximate surface area is 112 Å². The van der Waals surface area contributed by atoms with Crippen molar-refractivity contribution in [3.63, 3.8) is 0 Å². The molecule has 1 aliphatic heterocycles. The molecule has 2 N–H and O–H groups in total. The SMILES string of the molecule is CCN1CCN(c2ccc(Br)cc2CN)CC1. The van der Waals surface area contributed by atoms with E-state index in [1.54, 1.807) is 0 Å². The number of hydrogen-bond acceptors (Lipinski definition) is 3. The fourth-order valence-electron chi connectivity index (χ4n) is 2.33. The van der Waals surface area contributed by atoms with E-state index in [2.05, 4.69) is 50.9 Å². The van der Waals surface area contributed by atoms with Crippen LogP contribution < -0.4 is 10.6 Å². The maximum atomic E-state index is 5.82. The summed E-state index contributed by atoms with van der Waals surface area (Å²) in [6, 6.07) is 6.40. The lowest BCUT2D eigenvalue weighted by molar-refractivity contribution is 0.271. The zero-order valence-electron chi connectivity index (χ0n) is 10.3. The molecule has 0 radical (unpaired) electrons. The van der Waals surface area contributed by atoms with Crippen LogP contribution in [0.2, 0.25) is 0 Å². The summed E-state index contributed by atoms with van der Waals surface area (Å²) in [4.78, 5) is 4.93. The fraction of sp³-hybridized carbons (Fsp3) is 0.538. The average Bonchev–Trinajstić information content (AvgIpc) is 2.39. The predicted molar refractivity (Wildman–Crippen MR) is 76.4 cm³/mol. The molecule has 0 saturated carbocycles. The molecule has 1 aromatic rings. The van der Waals surface area contributed by atoms with Gasteiger partial charge in [0.15, 0.2) is 0 Å². The van der Waals surface area contributed by atoms with Gasteiger partial charge in [0.1, 0.15) is 0 Å². The van der Waals surface area contributed by atoms with Gasteiger partial charge in [0.2, 0.25) is 0 Å². The molecule has 1 fully saturated rings. The highest BCUT2D eigenvalue weighted by Gasteiger charge is 2.17. The van der Waals surface area contributed by atoms with Gasteiger partial charge in [-0.05, 0) is 30.3 Å². The second kappa shape index (κ2) is 5.85. The van der Waals surface area contributed by atoms with E-state index in [1.807, 2.05) is 0 Å². The molecule has 17 heavy (non-hydrogen) atoms. The van der Waals surface area contributed by atoms with E-state index in [0.717, 1.165) is 37.2 Å². The molecule has 1 saturated heterocycles. The van der Waals surface area contributed by atoms with Crippen LogP contribution in [0.5, 0.6) is 0 Å². The van der Waals surface area contributed by atoms with Gasteiger partial charge in [0.05, 0.1) is 0 Å². The maximum absolute atomic E-state index is 5.82. The van der Waals surface area contributed by atoms with E-state index >= 15 is 0 Å². The second-order valence-corrected chi connectivity index (χ2v) is 5.31. The molecule has 2 rings (SSSR count). The van der Waals surface area contributed by atoms with Crippen molar-refractivity contribution in [2.24, 2.45) is 5.73 Å². The van der Waals surface area contributed by atoms with E-state index in [1.165, 1.54) is 11.3 Å². The van der Waals surface area contributed by atoms with Crippen LogP contribution in [0, 0.1) is 0 Å². The maximum Gasteiger partial charge on any atom is 0.0413 e. The molecule has 3 nitrogen and oxygen atoms in total. The lowest BCUT2D eigenvalue weighted by Crippen LogP contribution is -2.46. The largest absolute Gasteiger partial charge is 0.369 e. The summed E-state index contributed by atoms with van der Waals surface area (Å²) >= 11 is 3.50. The van der Waals surface area contributed by atoms with Crippen LogP contribution in [0.3, 0.4) is 0 Å². The van der Waals surface area contributed by atoms with Gasteiger partial charge in [-0.2, -0.15) is 0 Å². The molecule has 0 aromatic heterocycles.